The molecule has 0 bridgehead atoms. The number of benzene rings is 4. The topological polar surface area (TPSA) is 436 Å². The Morgan fingerprint density at radius 1 is 0.307 bits per heavy atom. The van der Waals surface area contributed by atoms with Gasteiger partial charge in [0.05, 0.1) is 49.1 Å². The van der Waals surface area contributed by atoms with E-state index in [0.717, 1.165) is 104 Å². The van der Waals surface area contributed by atoms with E-state index in [1.165, 1.54) is 110 Å². The first-order chi connectivity index (χ1) is 61.0. The van der Waals surface area contributed by atoms with Crippen LogP contribution in [0.4, 0.5) is 23.8 Å². The molecule has 4 saturated carbocycles. The van der Waals surface area contributed by atoms with Gasteiger partial charge in [-0.25, -0.2) is 46.3 Å². The molecule has 4 aliphatic carbocycles. The van der Waals surface area contributed by atoms with Gasteiger partial charge in [0, 0.05) is 70.0 Å². The summed E-state index contributed by atoms with van der Waals surface area (Å²) < 4.78 is 64.9. The van der Waals surface area contributed by atoms with E-state index in [9.17, 15) is 60.3 Å². The molecule has 682 valence electrons. The predicted octanol–water partition coefficient (Wildman–Crippen LogP) is 9.65. The minimum atomic E-state index is -3.82. The Kier molecular flexibility index (Phi) is 30.1. The number of nitrogens with zero attached hydrogens (tertiary/aromatic N) is 16. The lowest BCUT2D eigenvalue weighted by Gasteiger charge is -2.23. The number of rotatable bonds is 27. The van der Waals surface area contributed by atoms with Crippen LogP contribution in [0.5, 0.6) is 0 Å². The van der Waals surface area contributed by atoms with Crippen molar-refractivity contribution in [2.75, 3.05) is 27.9 Å². The maximum atomic E-state index is 13.3. The normalized spacial score (nSPS) is 15.1. The number of nitrogens with two attached hydrogens (primary N) is 2. The summed E-state index contributed by atoms with van der Waals surface area (Å²) in [6.45, 7) is 20.7. The third-order valence-corrected chi connectivity index (χ3v) is 26.7. The molecule has 127 heavy (non-hydrogen) atoms. The van der Waals surface area contributed by atoms with Gasteiger partial charge >= 0.3 is 22.8 Å². The number of aromatic nitrogens is 16. The zero-order valence-corrected chi connectivity index (χ0v) is 76.0. The lowest BCUT2D eigenvalue weighted by atomic mass is 9.96. The molecule has 8 aromatic heterocycles. The average Bonchev–Trinajstić information content (AvgIpc) is 1.62. The molecule has 9 N–H and O–H groups in total. The Hall–Kier alpha value is -11.5. The molecule has 0 amide bonds. The van der Waals surface area contributed by atoms with Crippen LogP contribution in [0.15, 0.2) is 145 Å². The Bertz CT molecular complexity index is 6500. The molecule has 37 heteroatoms. The fourth-order valence-electron chi connectivity index (χ4n) is 17.9. The van der Waals surface area contributed by atoms with Crippen LogP contribution in [-0.2, 0) is 98.6 Å². The lowest BCUT2D eigenvalue weighted by molar-refractivity contribution is 0.274. The summed E-state index contributed by atoms with van der Waals surface area (Å²) in [5, 5.41) is 34.1. The monoisotopic (exact) mass is 1780 g/mol. The Morgan fingerprint density at radius 3 is 0.717 bits per heavy atom. The third-order valence-electron chi connectivity index (χ3n) is 24.9. The first kappa shape index (κ1) is 93.1. The van der Waals surface area contributed by atoms with E-state index in [4.69, 9.17) is 25.2 Å². The fraction of sp³-hybridized carbons (Fsp3) is 0.511. The van der Waals surface area contributed by atoms with Gasteiger partial charge in [0.2, 0.25) is 43.8 Å². The molecule has 0 radical (unpaired) electrons. The van der Waals surface area contributed by atoms with E-state index in [1.54, 1.807) is 56.4 Å². The van der Waals surface area contributed by atoms with Crippen molar-refractivity contribution in [1.82, 2.24) is 74.7 Å². The zero-order chi connectivity index (χ0) is 90.7. The van der Waals surface area contributed by atoms with Gasteiger partial charge in [-0.05, 0) is 160 Å². The number of aryl methyl sites for hydroxylation is 5. The van der Waals surface area contributed by atoms with E-state index in [-0.39, 0.29) is 106 Å². The second kappa shape index (κ2) is 41.0. The number of nitrogens with one attached hydrogen (secondary N) is 4. The summed E-state index contributed by atoms with van der Waals surface area (Å²) in [6, 6.07) is 30.1. The average molecular weight is 1780 g/mol. The van der Waals surface area contributed by atoms with Crippen molar-refractivity contribution in [3.05, 3.63) is 214 Å². The second-order valence-electron chi connectivity index (χ2n) is 33.5. The molecule has 8 heterocycles. The number of primary sulfonamides is 2. The number of fused-ring (bicyclic) bond motifs is 4. The number of imidazole rings is 4. The van der Waals surface area contributed by atoms with E-state index < -0.39 is 31.3 Å². The summed E-state index contributed by atoms with van der Waals surface area (Å²) >= 11 is 0. The molecule has 4 aromatic carbocycles. The predicted molar refractivity (Wildman–Crippen MR) is 496 cm³/mol. The molecule has 0 saturated heterocycles. The van der Waals surface area contributed by atoms with Gasteiger partial charge in [-0.2, -0.15) is 19.9 Å². The van der Waals surface area contributed by atoms with Crippen molar-refractivity contribution >= 4 is 88.5 Å². The Labute approximate surface area is 736 Å². The summed E-state index contributed by atoms with van der Waals surface area (Å²) in [5.41, 5.74) is 6.41. The van der Waals surface area contributed by atoms with Gasteiger partial charge in [0.15, 0.2) is 44.7 Å². The highest BCUT2D eigenvalue weighted by Crippen LogP contribution is 2.31. The number of anilines is 4. The van der Waals surface area contributed by atoms with Crippen molar-refractivity contribution in [3.8, 4) is 0 Å². The van der Waals surface area contributed by atoms with Gasteiger partial charge in [-0.3, -0.25) is 74.0 Å². The lowest BCUT2D eigenvalue weighted by Crippen LogP contribution is -2.40. The van der Waals surface area contributed by atoms with Gasteiger partial charge in [0.1, 0.15) is 0 Å². The third kappa shape index (κ3) is 20.5. The Balaban J connectivity index is 0.000000145. The molecule has 4 fully saturated rings. The zero-order valence-electron chi connectivity index (χ0n) is 74.4. The maximum Gasteiger partial charge on any atom is 0.332 e. The van der Waals surface area contributed by atoms with Gasteiger partial charge in [0.25, 0.3) is 22.2 Å². The molecule has 35 nitrogen and oxygen atoms in total. The van der Waals surface area contributed by atoms with Gasteiger partial charge in [-0.15, -0.1) is 0 Å². The number of hydrogen-bond donors (Lipinski definition) is 7. The van der Waals surface area contributed by atoms with Crippen LogP contribution >= 0.6 is 0 Å². The smallest absolute Gasteiger partial charge is 0.332 e. The molecule has 0 atom stereocenters. The number of sulfonamides is 2. The van der Waals surface area contributed by atoms with Crippen molar-refractivity contribution < 1.29 is 21.9 Å². The van der Waals surface area contributed by atoms with Gasteiger partial charge < -0.3 is 26.4 Å². The van der Waals surface area contributed by atoms with Crippen molar-refractivity contribution in [2.45, 2.75) is 303 Å². The van der Waals surface area contributed by atoms with E-state index in [2.05, 4.69) is 88.6 Å². The van der Waals surface area contributed by atoms with Crippen molar-refractivity contribution in [3.63, 3.8) is 0 Å². The van der Waals surface area contributed by atoms with Crippen LogP contribution in [0, 0.1) is 13.8 Å². The van der Waals surface area contributed by atoms with Crippen LogP contribution in [0.25, 0.3) is 44.7 Å². The Morgan fingerprint density at radius 2 is 0.512 bits per heavy atom. The molecular weight excluding hydrogens is 1660 g/mol. The van der Waals surface area contributed by atoms with Crippen LogP contribution in [-0.4, -0.2) is 127 Å². The summed E-state index contributed by atoms with van der Waals surface area (Å²) in [6.07, 6.45) is 22.7. The molecule has 16 rings (SSSR count). The molecule has 0 spiro atoms. The van der Waals surface area contributed by atoms with Crippen LogP contribution in [0.3, 0.4) is 0 Å². The van der Waals surface area contributed by atoms with Crippen molar-refractivity contribution in [1.29, 1.82) is 0 Å². The quantitative estimate of drug-likeness (QED) is 0.0252. The second-order valence-corrected chi connectivity index (χ2v) is 36.6. The highest BCUT2D eigenvalue weighted by atomic mass is 32.2. The highest BCUT2D eigenvalue weighted by molar-refractivity contribution is 7.89. The van der Waals surface area contributed by atoms with Crippen LogP contribution in [0.1, 0.15) is 210 Å². The highest BCUT2D eigenvalue weighted by Gasteiger charge is 2.30. The number of aliphatic hydroxyl groups is 1. The fourth-order valence-corrected chi connectivity index (χ4v) is 18.9. The van der Waals surface area contributed by atoms with E-state index in [0.29, 0.717) is 115 Å². The number of hydrogen-bond acceptors (Lipinski definition) is 21. The first-order valence-electron chi connectivity index (χ1n) is 45.0. The summed E-state index contributed by atoms with van der Waals surface area (Å²) in [5.74, 6) is 2.38. The largest absolute Gasteiger partial charge is 0.395 e. The summed E-state index contributed by atoms with van der Waals surface area (Å²) in [4.78, 5) is 124. The molecule has 12 aromatic rings. The SMILES string of the molecule is CCn1c(=O)c2c(nc(NC3CCCCC3)n2Cc2ccc(C)cc2)n(CC)c1=O.CCn1c(=O)c2c(nc(NC3CCCCC3)n2Cc2ccc(C)cc2)n(CC)c1=O.CCn1c(=O)c2c(nc(NC3CCCCC3)n2Cc2ccc(S(N)(=O)=O)cc2)n(CC)c1=O.CCn1c(=O)c2c(nc(NC3CCCCC3)n2Cc2ccc(S(N)(=O)=O)cc2)n(CCO)c1=O. The van der Waals surface area contributed by atoms with E-state index >= 15 is 0 Å². The van der Waals surface area contributed by atoms with E-state index in [1.807, 2.05) is 43.8 Å². The van der Waals surface area contributed by atoms with Crippen molar-refractivity contribution in [2.24, 2.45) is 10.3 Å². The standard InChI is InChI=1S/2C23H31N5O2.C22H30N6O5S.C22H30N6O4S/c2*1-4-26-20-19(21(29)27(5-2)23(26)30)28(15-17-13-11-16(3)12-14-17)22(25-20)24-18-9-7-6-8-10-18;1-2-26-20(30)18-19(27(12-13-29)22(26)31)25-21(24-16-6-4-3-5-7-16)28(18)14-15-8-10-17(11-9-15)34(23,32)33;1-3-26-19-18(20(29)27(4-2)22(26)30)28(21(25-19)24-16-8-6-5-7-9-16)14-15-10-12-17(13-11-15)33(23,31)32/h2*11-14,18H,4-10,15H2,1-3H3,(H,24,25);8-11,16,29H,2-7,12-14H2,1H3,(H,24,25)(H2,23,32,33);10-13,16H,3-9,14H2,1-2H3,(H,24,25)(H2,23,31,32). The van der Waals surface area contributed by atoms with Gasteiger partial charge in [-0.1, -0.05) is 161 Å². The summed E-state index contributed by atoms with van der Waals surface area (Å²) in [7, 11) is -7.62. The van der Waals surface area contributed by atoms with Crippen LogP contribution < -0.4 is 76.5 Å². The molecule has 0 unspecified atom stereocenters. The molecule has 0 aliphatic heterocycles. The minimum absolute atomic E-state index is 0.00239. The molecule has 4 aliphatic rings. The minimum Gasteiger partial charge on any atom is -0.395 e. The maximum absolute atomic E-state index is 13.3. The first-order valence-corrected chi connectivity index (χ1v) is 48.1. The number of aliphatic hydroxyl groups excluding tert-OH is 1. The molecular formula is C90H122N22O13S2. The van der Waals surface area contributed by atoms with Crippen LogP contribution in [0.2, 0.25) is 0 Å².